The predicted molar refractivity (Wildman–Crippen MR) is 122 cm³/mol. The number of benzene rings is 1. The minimum absolute atomic E-state index is 0.194. The number of aromatic nitrogens is 2. The van der Waals surface area contributed by atoms with Crippen LogP contribution in [0.25, 0.3) is 0 Å². The Kier molecular flexibility index (Phi) is 7.77. The highest BCUT2D eigenvalue weighted by molar-refractivity contribution is 6.40. The molecule has 2 aromatic heterocycles. The van der Waals surface area contributed by atoms with E-state index in [0.717, 1.165) is 0 Å². The third-order valence-corrected chi connectivity index (χ3v) is 4.79. The second-order valence-corrected chi connectivity index (χ2v) is 7.25. The van der Waals surface area contributed by atoms with Crippen molar-refractivity contribution >= 4 is 52.3 Å². The van der Waals surface area contributed by atoms with Gasteiger partial charge in [-0.25, -0.2) is 9.97 Å². The fourth-order valence-corrected chi connectivity index (χ4v) is 3.19. The van der Waals surface area contributed by atoms with E-state index in [1.165, 1.54) is 12.4 Å². The zero-order valence-corrected chi connectivity index (χ0v) is 17.9. The molecule has 0 saturated heterocycles. The van der Waals surface area contributed by atoms with Crippen molar-refractivity contribution in [3.05, 3.63) is 76.0 Å². The number of nitrogens with one attached hydrogen (secondary N) is 3. The average molecular weight is 459 g/mol. The normalized spacial score (nSPS) is 10.4. The molecule has 0 aliphatic carbocycles. The Labute approximate surface area is 189 Å². The molecule has 0 saturated carbocycles. The van der Waals surface area contributed by atoms with Crippen molar-refractivity contribution in [1.29, 1.82) is 0 Å². The predicted octanol–water partition coefficient (Wildman–Crippen LogP) is 3.86. The minimum atomic E-state index is -0.434. The number of hydrogen-bond donors (Lipinski definition) is 4. The van der Waals surface area contributed by atoms with Gasteiger partial charge in [-0.2, -0.15) is 0 Å². The van der Waals surface area contributed by atoms with Gasteiger partial charge in [-0.1, -0.05) is 29.3 Å². The van der Waals surface area contributed by atoms with Gasteiger partial charge in [0.1, 0.15) is 11.6 Å². The molecular weight excluding hydrogens is 439 g/mol. The lowest BCUT2D eigenvalue weighted by atomic mass is 10.2. The van der Waals surface area contributed by atoms with Crippen molar-refractivity contribution in [1.82, 2.24) is 15.3 Å². The number of carbonyl (C=O) groups excluding carboxylic acids is 2. The van der Waals surface area contributed by atoms with Crippen molar-refractivity contribution in [2.45, 2.75) is 6.42 Å². The molecule has 0 aliphatic heterocycles. The van der Waals surface area contributed by atoms with E-state index in [2.05, 4.69) is 25.9 Å². The molecular formula is C21H20Cl2N6O2. The molecule has 0 aliphatic rings. The van der Waals surface area contributed by atoms with Crippen molar-refractivity contribution in [2.75, 3.05) is 23.7 Å². The number of hydrogen-bond acceptors (Lipinski definition) is 6. The van der Waals surface area contributed by atoms with E-state index in [1.54, 1.807) is 42.5 Å². The molecule has 31 heavy (non-hydrogen) atoms. The maximum Gasteiger partial charge on any atom is 0.258 e. The third-order valence-electron chi connectivity index (χ3n) is 4.16. The number of anilines is 3. The maximum absolute atomic E-state index is 12.5. The van der Waals surface area contributed by atoms with Crippen LogP contribution in [0, 0.1) is 0 Å². The Balaban J connectivity index is 1.65. The minimum Gasteiger partial charge on any atom is -0.352 e. The Hall–Kier alpha value is -3.20. The van der Waals surface area contributed by atoms with Gasteiger partial charge in [0.05, 0.1) is 21.2 Å². The first-order chi connectivity index (χ1) is 15.0. The van der Waals surface area contributed by atoms with Crippen molar-refractivity contribution < 1.29 is 9.59 Å². The lowest BCUT2D eigenvalue weighted by Gasteiger charge is -2.10. The summed E-state index contributed by atoms with van der Waals surface area (Å²) in [6, 6.07) is 11.4. The highest BCUT2D eigenvalue weighted by Crippen LogP contribution is 2.25. The Morgan fingerprint density at radius 2 is 1.74 bits per heavy atom. The van der Waals surface area contributed by atoms with Crippen LogP contribution in [0.4, 0.5) is 17.3 Å². The molecule has 2 amide bonds. The van der Waals surface area contributed by atoms with E-state index in [-0.39, 0.29) is 21.5 Å². The third kappa shape index (κ3) is 6.14. The van der Waals surface area contributed by atoms with Gasteiger partial charge in [-0.05, 0) is 43.3 Å². The number of amides is 2. The van der Waals surface area contributed by atoms with Gasteiger partial charge in [0, 0.05) is 30.7 Å². The SMILES string of the molecule is NCCCNC(=O)c1ccc(Nc2cc(NC(=O)c3c(Cl)cccc3Cl)ccn2)nc1. The van der Waals surface area contributed by atoms with E-state index in [0.29, 0.717) is 42.4 Å². The van der Waals surface area contributed by atoms with E-state index < -0.39 is 5.91 Å². The molecule has 8 nitrogen and oxygen atoms in total. The van der Waals surface area contributed by atoms with Gasteiger partial charge in [0.2, 0.25) is 0 Å². The summed E-state index contributed by atoms with van der Waals surface area (Å²) in [6.45, 7) is 1.02. The highest BCUT2D eigenvalue weighted by atomic mass is 35.5. The summed E-state index contributed by atoms with van der Waals surface area (Å²) in [5, 5.41) is 9.05. The monoisotopic (exact) mass is 458 g/mol. The zero-order valence-electron chi connectivity index (χ0n) is 16.4. The van der Waals surface area contributed by atoms with Crippen LogP contribution < -0.4 is 21.7 Å². The van der Waals surface area contributed by atoms with Crippen molar-refractivity contribution in [2.24, 2.45) is 5.73 Å². The number of carbonyl (C=O) groups is 2. The molecule has 3 rings (SSSR count). The van der Waals surface area contributed by atoms with E-state index in [1.807, 2.05) is 0 Å². The summed E-state index contributed by atoms with van der Waals surface area (Å²) >= 11 is 12.2. The van der Waals surface area contributed by atoms with E-state index in [9.17, 15) is 9.59 Å². The topological polar surface area (TPSA) is 122 Å². The van der Waals surface area contributed by atoms with Gasteiger partial charge in [0.15, 0.2) is 0 Å². The van der Waals surface area contributed by atoms with Crippen LogP contribution in [-0.4, -0.2) is 34.9 Å². The standard InChI is InChI=1S/C21H20Cl2N6O2/c22-15-3-1-4-16(23)19(15)21(31)28-14-7-10-25-18(11-14)29-17-6-5-13(12-27-17)20(30)26-9-2-8-24/h1,3-7,10-12H,2,8-9,24H2,(H,26,30)(H2,25,27,28,29,31). The van der Waals surface area contributed by atoms with Crippen LogP contribution in [0.2, 0.25) is 10.0 Å². The van der Waals surface area contributed by atoms with Crippen LogP contribution in [-0.2, 0) is 0 Å². The summed E-state index contributed by atoms with van der Waals surface area (Å²) in [6.07, 6.45) is 3.70. The Morgan fingerprint density at radius 1 is 0.968 bits per heavy atom. The number of rotatable bonds is 8. The smallest absolute Gasteiger partial charge is 0.258 e. The molecule has 0 spiro atoms. The number of halogens is 2. The molecule has 0 radical (unpaired) electrons. The van der Waals surface area contributed by atoms with Gasteiger partial charge in [-0.15, -0.1) is 0 Å². The van der Waals surface area contributed by atoms with Crippen molar-refractivity contribution in [3.63, 3.8) is 0 Å². The van der Waals surface area contributed by atoms with Crippen LogP contribution in [0.1, 0.15) is 27.1 Å². The molecule has 1 aromatic carbocycles. The first-order valence-corrected chi connectivity index (χ1v) is 10.2. The molecule has 0 bridgehead atoms. The molecule has 0 unspecified atom stereocenters. The zero-order chi connectivity index (χ0) is 22.2. The number of pyridine rings is 2. The Morgan fingerprint density at radius 3 is 2.42 bits per heavy atom. The maximum atomic E-state index is 12.5. The molecule has 2 heterocycles. The van der Waals surface area contributed by atoms with Gasteiger partial charge in [-0.3, -0.25) is 9.59 Å². The van der Waals surface area contributed by atoms with Crippen LogP contribution in [0.5, 0.6) is 0 Å². The second kappa shape index (κ2) is 10.7. The fourth-order valence-electron chi connectivity index (χ4n) is 2.62. The van der Waals surface area contributed by atoms with E-state index >= 15 is 0 Å². The molecule has 0 atom stereocenters. The lowest BCUT2D eigenvalue weighted by molar-refractivity contribution is 0.0952. The summed E-state index contributed by atoms with van der Waals surface area (Å²) < 4.78 is 0. The Bertz CT molecular complexity index is 1060. The van der Waals surface area contributed by atoms with Crippen molar-refractivity contribution in [3.8, 4) is 0 Å². The number of nitrogens with two attached hydrogens (primary N) is 1. The molecule has 10 heteroatoms. The van der Waals surface area contributed by atoms with Crippen LogP contribution in [0.3, 0.4) is 0 Å². The summed E-state index contributed by atoms with van der Waals surface area (Å²) in [5.74, 6) is 0.295. The molecule has 5 N–H and O–H groups in total. The fraction of sp³-hybridized carbons (Fsp3) is 0.143. The summed E-state index contributed by atoms with van der Waals surface area (Å²) in [7, 11) is 0. The summed E-state index contributed by atoms with van der Waals surface area (Å²) in [5.41, 5.74) is 6.54. The largest absolute Gasteiger partial charge is 0.352 e. The first kappa shape index (κ1) is 22.5. The second-order valence-electron chi connectivity index (χ2n) is 6.44. The molecule has 160 valence electrons. The van der Waals surface area contributed by atoms with E-state index in [4.69, 9.17) is 28.9 Å². The quantitative estimate of drug-likeness (QED) is 0.380. The highest BCUT2D eigenvalue weighted by Gasteiger charge is 2.15. The van der Waals surface area contributed by atoms with Gasteiger partial charge < -0.3 is 21.7 Å². The van der Waals surface area contributed by atoms with Crippen LogP contribution in [0.15, 0.2) is 54.9 Å². The van der Waals surface area contributed by atoms with Crippen LogP contribution >= 0.6 is 23.2 Å². The molecule has 0 fully saturated rings. The molecule has 3 aromatic rings. The summed E-state index contributed by atoms with van der Waals surface area (Å²) in [4.78, 5) is 33.0. The van der Waals surface area contributed by atoms with Gasteiger partial charge in [0.25, 0.3) is 11.8 Å². The first-order valence-electron chi connectivity index (χ1n) is 9.40. The van der Waals surface area contributed by atoms with Gasteiger partial charge >= 0.3 is 0 Å². The lowest BCUT2D eigenvalue weighted by Crippen LogP contribution is -2.26. The number of nitrogens with zero attached hydrogens (tertiary/aromatic N) is 2. The average Bonchev–Trinajstić information content (AvgIpc) is 2.74.